The van der Waals surface area contributed by atoms with Crippen LogP contribution in [0.5, 0.6) is 0 Å². The summed E-state index contributed by atoms with van der Waals surface area (Å²) in [6.07, 6.45) is 1.31. The van der Waals surface area contributed by atoms with E-state index in [4.69, 9.17) is 18.0 Å². The van der Waals surface area contributed by atoms with Gasteiger partial charge in [-0.05, 0) is 24.8 Å². The highest BCUT2D eigenvalue weighted by Gasteiger charge is 2.23. The van der Waals surface area contributed by atoms with E-state index in [0.717, 1.165) is 18.4 Å². The third-order valence-electron chi connectivity index (χ3n) is 3.44. The van der Waals surface area contributed by atoms with Crippen LogP contribution >= 0.6 is 12.2 Å². The molecule has 82 valence electrons. The molecule has 1 fully saturated rings. The van der Waals surface area contributed by atoms with Crippen LogP contribution in [-0.2, 0) is 0 Å². The minimum absolute atomic E-state index is 0.352. The summed E-state index contributed by atoms with van der Waals surface area (Å²) in [6, 6.07) is 0. The molecule has 0 amide bonds. The largest absolute Gasteiger partial charge is 0.393 e. The first kappa shape index (κ1) is 11.9. The van der Waals surface area contributed by atoms with Gasteiger partial charge in [-0.2, -0.15) is 0 Å². The maximum atomic E-state index is 5.62. The SMILES string of the molecule is CC(CN1CCC(C)C(C)C1)C(N)=S. The van der Waals surface area contributed by atoms with Crippen molar-refractivity contribution in [2.45, 2.75) is 27.2 Å². The molecule has 1 aliphatic rings. The predicted octanol–water partition coefficient (Wildman–Crippen LogP) is 1.89. The number of likely N-dealkylation sites (tertiary alicyclic amines) is 1. The van der Waals surface area contributed by atoms with Crippen LogP contribution in [0.25, 0.3) is 0 Å². The van der Waals surface area contributed by atoms with Crippen LogP contribution in [-0.4, -0.2) is 29.5 Å². The van der Waals surface area contributed by atoms with E-state index in [1.54, 1.807) is 0 Å². The summed E-state index contributed by atoms with van der Waals surface area (Å²) in [5, 5.41) is 0. The highest BCUT2D eigenvalue weighted by atomic mass is 32.1. The third-order valence-corrected chi connectivity index (χ3v) is 3.84. The van der Waals surface area contributed by atoms with Gasteiger partial charge in [0, 0.05) is 19.0 Å². The second kappa shape index (κ2) is 5.08. The van der Waals surface area contributed by atoms with Crippen LogP contribution < -0.4 is 5.73 Å². The van der Waals surface area contributed by atoms with E-state index in [9.17, 15) is 0 Å². The summed E-state index contributed by atoms with van der Waals surface area (Å²) in [7, 11) is 0. The number of thiocarbonyl (C=S) groups is 1. The van der Waals surface area contributed by atoms with Crippen molar-refractivity contribution in [3.05, 3.63) is 0 Å². The minimum atomic E-state index is 0.352. The molecule has 2 N–H and O–H groups in total. The lowest BCUT2D eigenvalue weighted by Crippen LogP contribution is -2.42. The average molecular weight is 214 g/mol. The van der Waals surface area contributed by atoms with Crippen molar-refractivity contribution in [1.29, 1.82) is 0 Å². The molecule has 2 nitrogen and oxygen atoms in total. The molecule has 1 saturated heterocycles. The summed E-state index contributed by atoms with van der Waals surface area (Å²) in [5.74, 6) is 2.03. The molecule has 1 rings (SSSR count). The monoisotopic (exact) mass is 214 g/mol. The van der Waals surface area contributed by atoms with E-state index >= 15 is 0 Å². The molecule has 0 saturated carbocycles. The molecule has 0 spiro atoms. The summed E-state index contributed by atoms with van der Waals surface area (Å²) in [6.45, 7) is 10.2. The molecule has 0 bridgehead atoms. The lowest BCUT2D eigenvalue weighted by atomic mass is 9.88. The van der Waals surface area contributed by atoms with Gasteiger partial charge in [0.25, 0.3) is 0 Å². The zero-order chi connectivity index (χ0) is 10.7. The van der Waals surface area contributed by atoms with Gasteiger partial charge < -0.3 is 10.6 Å². The molecule has 0 radical (unpaired) electrons. The number of nitrogens with zero attached hydrogens (tertiary/aromatic N) is 1. The van der Waals surface area contributed by atoms with Crippen molar-refractivity contribution in [3.63, 3.8) is 0 Å². The number of hydrogen-bond donors (Lipinski definition) is 1. The highest BCUT2D eigenvalue weighted by Crippen LogP contribution is 2.22. The molecule has 3 heteroatoms. The van der Waals surface area contributed by atoms with Crippen LogP contribution in [0.2, 0.25) is 0 Å². The minimum Gasteiger partial charge on any atom is -0.393 e. The molecule has 1 heterocycles. The Morgan fingerprint density at radius 2 is 2.14 bits per heavy atom. The van der Waals surface area contributed by atoms with Gasteiger partial charge in [0.1, 0.15) is 0 Å². The summed E-state index contributed by atoms with van der Waals surface area (Å²) in [4.78, 5) is 3.14. The van der Waals surface area contributed by atoms with E-state index in [1.807, 2.05) is 0 Å². The second-order valence-electron chi connectivity index (χ2n) is 4.81. The van der Waals surface area contributed by atoms with Crippen molar-refractivity contribution in [2.75, 3.05) is 19.6 Å². The molecule has 3 atom stereocenters. The average Bonchev–Trinajstić information content (AvgIpc) is 2.11. The standard InChI is InChI=1S/C11H22N2S/c1-8-4-5-13(6-9(8)2)7-10(3)11(12)14/h8-10H,4-7H2,1-3H3,(H2,12,14). The van der Waals surface area contributed by atoms with E-state index < -0.39 is 0 Å². The van der Waals surface area contributed by atoms with Crippen molar-refractivity contribution < 1.29 is 0 Å². The van der Waals surface area contributed by atoms with Gasteiger partial charge >= 0.3 is 0 Å². The fourth-order valence-electron chi connectivity index (χ4n) is 1.99. The molecule has 0 aromatic heterocycles. The van der Waals surface area contributed by atoms with Gasteiger partial charge in [0.15, 0.2) is 0 Å². The van der Waals surface area contributed by atoms with Gasteiger partial charge in [0.05, 0.1) is 4.99 Å². The molecule has 1 aliphatic heterocycles. The van der Waals surface area contributed by atoms with Crippen LogP contribution in [0.4, 0.5) is 0 Å². The van der Waals surface area contributed by atoms with Crippen molar-refractivity contribution in [2.24, 2.45) is 23.5 Å². The van der Waals surface area contributed by atoms with Gasteiger partial charge in [-0.1, -0.05) is 33.0 Å². The van der Waals surface area contributed by atoms with E-state index in [2.05, 4.69) is 25.7 Å². The zero-order valence-electron chi connectivity index (χ0n) is 9.49. The zero-order valence-corrected chi connectivity index (χ0v) is 10.3. The van der Waals surface area contributed by atoms with Gasteiger partial charge in [-0.25, -0.2) is 0 Å². The third kappa shape index (κ3) is 3.21. The molecule has 0 aromatic carbocycles. The Labute approximate surface area is 92.8 Å². The Morgan fingerprint density at radius 1 is 1.50 bits per heavy atom. The molecule has 0 aromatic rings. The summed E-state index contributed by atoms with van der Waals surface area (Å²) in [5.41, 5.74) is 5.62. The Morgan fingerprint density at radius 3 is 2.64 bits per heavy atom. The van der Waals surface area contributed by atoms with E-state index in [1.165, 1.54) is 19.5 Å². The molecule has 3 unspecified atom stereocenters. The maximum absolute atomic E-state index is 5.62. The number of nitrogens with two attached hydrogens (primary N) is 1. The summed E-state index contributed by atoms with van der Waals surface area (Å²) >= 11 is 4.99. The first-order chi connectivity index (χ1) is 6.50. The van der Waals surface area contributed by atoms with Gasteiger partial charge in [-0.3, -0.25) is 0 Å². The Hall–Kier alpha value is -0.150. The normalized spacial score (nSPS) is 31.4. The van der Waals surface area contributed by atoms with Crippen molar-refractivity contribution in [1.82, 2.24) is 4.90 Å². The fraction of sp³-hybridized carbons (Fsp3) is 0.909. The lowest BCUT2D eigenvalue weighted by molar-refractivity contribution is 0.132. The van der Waals surface area contributed by atoms with E-state index in [0.29, 0.717) is 10.9 Å². The first-order valence-electron chi connectivity index (χ1n) is 5.52. The molecule has 0 aliphatic carbocycles. The number of hydrogen-bond acceptors (Lipinski definition) is 2. The first-order valence-corrected chi connectivity index (χ1v) is 5.93. The Kier molecular flexibility index (Phi) is 4.32. The predicted molar refractivity (Wildman–Crippen MR) is 65.3 cm³/mol. The Bertz CT molecular complexity index is 205. The second-order valence-corrected chi connectivity index (χ2v) is 5.28. The van der Waals surface area contributed by atoms with Crippen molar-refractivity contribution >= 4 is 17.2 Å². The van der Waals surface area contributed by atoms with Crippen LogP contribution in [0.3, 0.4) is 0 Å². The fourth-order valence-corrected chi connectivity index (χ4v) is 2.07. The number of piperidine rings is 1. The van der Waals surface area contributed by atoms with Gasteiger partial charge in [0.2, 0.25) is 0 Å². The Balaban J connectivity index is 2.36. The van der Waals surface area contributed by atoms with Crippen LogP contribution in [0.15, 0.2) is 0 Å². The van der Waals surface area contributed by atoms with E-state index in [-0.39, 0.29) is 0 Å². The molecular weight excluding hydrogens is 192 g/mol. The lowest BCUT2D eigenvalue weighted by Gasteiger charge is -2.36. The highest BCUT2D eigenvalue weighted by molar-refractivity contribution is 7.80. The summed E-state index contributed by atoms with van der Waals surface area (Å²) < 4.78 is 0. The number of rotatable bonds is 3. The van der Waals surface area contributed by atoms with Gasteiger partial charge in [-0.15, -0.1) is 0 Å². The van der Waals surface area contributed by atoms with Crippen LogP contribution in [0, 0.1) is 17.8 Å². The van der Waals surface area contributed by atoms with Crippen molar-refractivity contribution in [3.8, 4) is 0 Å². The molecular formula is C11H22N2S. The quantitative estimate of drug-likeness (QED) is 0.728. The maximum Gasteiger partial charge on any atom is 0.0768 e. The smallest absolute Gasteiger partial charge is 0.0768 e. The van der Waals surface area contributed by atoms with Crippen LogP contribution in [0.1, 0.15) is 27.2 Å². The topological polar surface area (TPSA) is 29.3 Å². The molecule has 14 heavy (non-hydrogen) atoms.